The Morgan fingerprint density at radius 2 is 1.95 bits per heavy atom. The van der Waals surface area contributed by atoms with Crippen molar-refractivity contribution in [1.82, 2.24) is 4.57 Å². The molecule has 4 heteroatoms. The molecule has 0 atom stereocenters. The standard InChI is InChI=1S/C16H16N2O2/c1-4-20-16(19)13-5-7-14(8-6-13)18-12(3)11(2)9-15(18)10-17/h5-9H,4H2,1-3H3. The largest absolute Gasteiger partial charge is 0.462 e. The molecule has 0 radical (unpaired) electrons. The van der Waals surface area contributed by atoms with Crippen LogP contribution < -0.4 is 0 Å². The van der Waals surface area contributed by atoms with Gasteiger partial charge in [-0.3, -0.25) is 0 Å². The maximum Gasteiger partial charge on any atom is 0.338 e. The number of benzene rings is 1. The number of carbonyl (C=O) groups is 1. The fraction of sp³-hybridized carbons (Fsp3) is 0.250. The molecule has 2 aromatic rings. The van der Waals surface area contributed by atoms with Crippen molar-refractivity contribution in [2.75, 3.05) is 6.61 Å². The number of aromatic nitrogens is 1. The van der Waals surface area contributed by atoms with Crippen molar-refractivity contribution in [3.05, 3.63) is 52.8 Å². The maximum absolute atomic E-state index is 11.6. The van der Waals surface area contributed by atoms with Crippen LogP contribution in [0, 0.1) is 25.2 Å². The van der Waals surface area contributed by atoms with Crippen molar-refractivity contribution in [3.63, 3.8) is 0 Å². The van der Waals surface area contributed by atoms with Crippen LogP contribution in [-0.4, -0.2) is 17.1 Å². The van der Waals surface area contributed by atoms with E-state index >= 15 is 0 Å². The third-order valence-corrected chi connectivity index (χ3v) is 3.25. The molecule has 1 heterocycles. The molecule has 0 N–H and O–H groups in total. The number of hydrogen-bond donors (Lipinski definition) is 0. The fourth-order valence-electron chi connectivity index (χ4n) is 2.11. The van der Waals surface area contributed by atoms with E-state index in [1.807, 2.05) is 36.6 Å². The molecule has 0 aliphatic rings. The number of rotatable bonds is 3. The molecule has 0 unspecified atom stereocenters. The van der Waals surface area contributed by atoms with E-state index in [0.29, 0.717) is 17.9 Å². The zero-order valence-electron chi connectivity index (χ0n) is 11.8. The first-order valence-electron chi connectivity index (χ1n) is 6.45. The van der Waals surface area contributed by atoms with Crippen LogP contribution in [0.3, 0.4) is 0 Å². The van der Waals surface area contributed by atoms with Crippen molar-refractivity contribution in [2.45, 2.75) is 20.8 Å². The van der Waals surface area contributed by atoms with Gasteiger partial charge >= 0.3 is 5.97 Å². The molecule has 0 fully saturated rings. The van der Waals surface area contributed by atoms with E-state index in [9.17, 15) is 10.1 Å². The molecule has 20 heavy (non-hydrogen) atoms. The second-order valence-corrected chi connectivity index (χ2v) is 4.51. The first kappa shape index (κ1) is 13.9. The lowest BCUT2D eigenvalue weighted by Crippen LogP contribution is -2.05. The lowest BCUT2D eigenvalue weighted by atomic mass is 10.2. The van der Waals surface area contributed by atoms with Gasteiger partial charge in [-0.2, -0.15) is 5.26 Å². The SMILES string of the molecule is CCOC(=O)c1ccc(-n2c(C#N)cc(C)c2C)cc1. The number of aryl methyl sites for hydroxylation is 1. The predicted octanol–water partition coefficient (Wildman–Crippen LogP) is 3.14. The van der Waals surface area contributed by atoms with E-state index < -0.39 is 0 Å². The Labute approximate surface area is 118 Å². The molecule has 2 rings (SSSR count). The quantitative estimate of drug-likeness (QED) is 0.803. The van der Waals surface area contributed by atoms with E-state index in [4.69, 9.17) is 4.74 Å². The van der Waals surface area contributed by atoms with Crippen LogP contribution in [0.4, 0.5) is 0 Å². The minimum absolute atomic E-state index is 0.333. The summed E-state index contributed by atoms with van der Waals surface area (Å²) >= 11 is 0. The molecule has 4 nitrogen and oxygen atoms in total. The van der Waals surface area contributed by atoms with Gasteiger partial charge in [0.1, 0.15) is 11.8 Å². The van der Waals surface area contributed by atoms with E-state index in [-0.39, 0.29) is 5.97 Å². The summed E-state index contributed by atoms with van der Waals surface area (Å²) in [5.41, 5.74) is 4.04. The van der Waals surface area contributed by atoms with Crippen molar-refractivity contribution >= 4 is 5.97 Å². The molecule has 0 saturated carbocycles. The van der Waals surface area contributed by atoms with Gasteiger partial charge in [-0.15, -0.1) is 0 Å². The number of ether oxygens (including phenoxy) is 1. The highest BCUT2D eigenvalue weighted by atomic mass is 16.5. The zero-order valence-corrected chi connectivity index (χ0v) is 11.8. The topological polar surface area (TPSA) is 55.0 Å². The molecule has 0 aliphatic carbocycles. The van der Waals surface area contributed by atoms with Gasteiger partial charge in [-0.1, -0.05) is 0 Å². The molecular weight excluding hydrogens is 252 g/mol. The number of nitriles is 1. The first-order valence-corrected chi connectivity index (χ1v) is 6.45. The average Bonchev–Trinajstić information content (AvgIpc) is 2.75. The highest BCUT2D eigenvalue weighted by molar-refractivity contribution is 5.89. The predicted molar refractivity (Wildman–Crippen MR) is 75.9 cm³/mol. The summed E-state index contributed by atoms with van der Waals surface area (Å²) in [6.45, 7) is 6.07. The molecule has 1 aromatic heterocycles. The number of nitrogens with zero attached hydrogens (tertiary/aromatic N) is 2. The number of carbonyl (C=O) groups excluding carboxylic acids is 1. The highest BCUT2D eigenvalue weighted by Gasteiger charge is 2.11. The van der Waals surface area contributed by atoms with Crippen molar-refractivity contribution in [1.29, 1.82) is 5.26 Å². The smallest absolute Gasteiger partial charge is 0.338 e. The molecule has 0 bridgehead atoms. The first-order chi connectivity index (χ1) is 9.58. The zero-order chi connectivity index (χ0) is 14.7. The Morgan fingerprint density at radius 3 is 2.50 bits per heavy atom. The number of esters is 1. The summed E-state index contributed by atoms with van der Waals surface area (Å²) in [6.07, 6.45) is 0. The Morgan fingerprint density at radius 1 is 1.30 bits per heavy atom. The van der Waals surface area contributed by atoms with Gasteiger partial charge in [0.05, 0.1) is 12.2 Å². The van der Waals surface area contributed by atoms with Crippen LogP contribution in [0.15, 0.2) is 30.3 Å². The van der Waals surface area contributed by atoms with Crippen LogP contribution >= 0.6 is 0 Å². The molecule has 0 spiro atoms. The van der Waals surface area contributed by atoms with Crippen LogP contribution in [-0.2, 0) is 4.74 Å². The van der Waals surface area contributed by atoms with Crippen LogP contribution in [0.1, 0.15) is 34.2 Å². The maximum atomic E-state index is 11.6. The summed E-state index contributed by atoms with van der Waals surface area (Å²) in [5.74, 6) is -0.333. The monoisotopic (exact) mass is 268 g/mol. The van der Waals surface area contributed by atoms with Gasteiger partial charge < -0.3 is 9.30 Å². The van der Waals surface area contributed by atoms with E-state index in [1.54, 1.807) is 19.1 Å². The fourth-order valence-corrected chi connectivity index (χ4v) is 2.11. The minimum atomic E-state index is -0.333. The Kier molecular flexibility index (Phi) is 3.90. The summed E-state index contributed by atoms with van der Waals surface area (Å²) in [5, 5.41) is 9.19. The molecule has 0 aliphatic heterocycles. The van der Waals surface area contributed by atoms with E-state index in [1.165, 1.54) is 0 Å². The van der Waals surface area contributed by atoms with Crippen molar-refractivity contribution in [2.24, 2.45) is 0 Å². The van der Waals surface area contributed by atoms with E-state index in [2.05, 4.69) is 6.07 Å². The molecule has 102 valence electrons. The second-order valence-electron chi connectivity index (χ2n) is 4.51. The van der Waals surface area contributed by atoms with Crippen LogP contribution in [0.5, 0.6) is 0 Å². The number of hydrogen-bond acceptors (Lipinski definition) is 3. The van der Waals surface area contributed by atoms with Crippen LogP contribution in [0.25, 0.3) is 5.69 Å². The van der Waals surface area contributed by atoms with Gasteiger partial charge in [-0.25, -0.2) is 4.79 Å². The van der Waals surface area contributed by atoms with Gasteiger partial charge in [0.25, 0.3) is 0 Å². The molecule has 0 saturated heterocycles. The van der Waals surface area contributed by atoms with Crippen molar-refractivity contribution < 1.29 is 9.53 Å². The normalized spacial score (nSPS) is 10.1. The Bertz CT molecular complexity index is 676. The average molecular weight is 268 g/mol. The lowest BCUT2D eigenvalue weighted by Gasteiger charge is -2.09. The third kappa shape index (κ3) is 2.43. The van der Waals surface area contributed by atoms with Gasteiger partial charge in [0.15, 0.2) is 0 Å². The summed E-state index contributed by atoms with van der Waals surface area (Å²) in [6, 6.07) is 11.1. The van der Waals surface area contributed by atoms with Gasteiger partial charge in [0, 0.05) is 11.4 Å². The second kappa shape index (κ2) is 5.62. The third-order valence-electron chi connectivity index (χ3n) is 3.25. The molecular formula is C16H16N2O2. The Balaban J connectivity index is 2.41. The highest BCUT2D eigenvalue weighted by Crippen LogP contribution is 2.20. The molecule has 0 amide bonds. The lowest BCUT2D eigenvalue weighted by molar-refractivity contribution is 0.0526. The minimum Gasteiger partial charge on any atom is -0.462 e. The van der Waals surface area contributed by atoms with Gasteiger partial charge in [-0.05, 0) is 56.7 Å². The summed E-state index contributed by atoms with van der Waals surface area (Å²) in [4.78, 5) is 11.6. The van der Waals surface area contributed by atoms with Crippen molar-refractivity contribution in [3.8, 4) is 11.8 Å². The molecule has 1 aromatic carbocycles. The Hall–Kier alpha value is -2.54. The van der Waals surface area contributed by atoms with Crippen LogP contribution in [0.2, 0.25) is 0 Å². The van der Waals surface area contributed by atoms with E-state index in [0.717, 1.165) is 16.9 Å². The summed E-state index contributed by atoms with van der Waals surface area (Å²) in [7, 11) is 0. The summed E-state index contributed by atoms with van der Waals surface area (Å²) < 4.78 is 6.83. The van der Waals surface area contributed by atoms with Gasteiger partial charge in [0.2, 0.25) is 0 Å².